The quantitative estimate of drug-likeness (QED) is 0.544. The zero-order valence-corrected chi connectivity index (χ0v) is 13.6. The molecule has 0 saturated heterocycles. The maximum Gasteiger partial charge on any atom is 0.0860 e. The Morgan fingerprint density at radius 1 is 1.13 bits per heavy atom. The fourth-order valence-corrected chi connectivity index (χ4v) is 2.87. The van der Waals surface area contributed by atoms with Crippen molar-refractivity contribution in [3.63, 3.8) is 0 Å². The van der Waals surface area contributed by atoms with Crippen LogP contribution in [0.15, 0.2) is 48.7 Å². The van der Waals surface area contributed by atoms with Crippen molar-refractivity contribution in [3.05, 3.63) is 59.8 Å². The molecule has 2 aromatic carbocycles. The van der Waals surface area contributed by atoms with Crippen molar-refractivity contribution in [2.45, 2.75) is 25.9 Å². The molecule has 1 heterocycles. The summed E-state index contributed by atoms with van der Waals surface area (Å²) in [5.74, 6) is 0. The van der Waals surface area contributed by atoms with Crippen LogP contribution >= 0.6 is 0 Å². The molecular weight excluding hydrogens is 286 g/mol. The Hall–Kier alpha value is -2.46. The summed E-state index contributed by atoms with van der Waals surface area (Å²) in [5, 5.41) is 14.9. The van der Waals surface area contributed by atoms with E-state index in [2.05, 4.69) is 16.4 Å². The molecule has 0 aliphatic heterocycles. The van der Waals surface area contributed by atoms with E-state index in [4.69, 9.17) is 5.73 Å². The molecule has 3 rings (SSSR count). The number of nitrogens with one attached hydrogen (secondary N) is 2. The first-order valence-electron chi connectivity index (χ1n) is 7.86. The molecule has 0 radical (unpaired) electrons. The number of H-pyrrole nitrogens is 1. The van der Waals surface area contributed by atoms with E-state index >= 15 is 0 Å². The Labute approximate surface area is 136 Å². The van der Waals surface area contributed by atoms with Crippen LogP contribution in [0, 0.1) is 0 Å². The second-order valence-electron chi connectivity index (χ2n) is 6.40. The fraction of sp³-hybridized carbons (Fsp3) is 0.263. The van der Waals surface area contributed by atoms with E-state index in [0.717, 1.165) is 35.4 Å². The highest BCUT2D eigenvalue weighted by Gasteiger charge is 2.20. The molecule has 0 amide bonds. The number of hydrogen-bond donors (Lipinski definition) is 4. The fourth-order valence-electron chi connectivity index (χ4n) is 2.87. The molecule has 120 valence electrons. The third kappa shape index (κ3) is 3.32. The smallest absolute Gasteiger partial charge is 0.0860 e. The average Bonchev–Trinajstić information content (AvgIpc) is 2.91. The second-order valence-corrected chi connectivity index (χ2v) is 6.40. The summed E-state index contributed by atoms with van der Waals surface area (Å²) in [7, 11) is 0. The molecule has 0 atom stereocenters. The predicted molar refractivity (Wildman–Crippen MR) is 96.6 cm³/mol. The molecule has 0 saturated carbocycles. The number of hydrogen-bond acceptors (Lipinski definition) is 3. The highest BCUT2D eigenvalue weighted by atomic mass is 16.3. The summed E-state index contributed by atoms with van der Waals surface area (Å²) in [6.45, 7) is 4.46. The number of nitrogens with two attached hydrogens (primary N) is 1. The van der Waals surface area contributed by atoms with Crippen LogP contribution in [0.3, 0.4) is 0 Å². The summed E-state index contributed by atoms with van der Waals surface area (Å²) >= 11 is 0. The van der Waals surface area contributed by atoms with Crippen LogP contribution in [-0.4, -0.2) is 16.6 Å². The van der Waals surface area contributed by atoms with Gasteiger partial charge in [0.05, 0.1) is 11.1 Å². The van der Waals surface area contributed by atoms with Gasteiger partial charge in [0, 0.05) is 35.1 Å². The molecule has 0 bridgehead atoms. The van der Waals surface area contributed by atoms with Gasteiger partial charge in [0.25, 0.3) is 0 Å². The van der Waals surface area contributed by atoms with E-state index < -0.39 is 5.60 Å². The Morgan fingerprint density at radius 3 is 2.57 bits per heavy atom. The Bertz CT molecular complexity index is 798. The van der Waals surface area contributed by atoms with Gasteiger partial charge in [0.1, 0.15) is 0 Å². The first-order chi connectivity index (χ1) is 10.9. The van der Waals surface area contributed by atoms with Gasteiger partial charge in [-0.1, -0.05) is 18.2 Å². The largest absolute Gasteiger partial charge is 0.399 e. The number of aliphatic hydroxyl groups is 1. The van der Waals surface area contributed by atoms with Crippen LogP contribution in [0.4, 0.5) is 11.4 Å². The van der Waals surface area contributed by atoms with Gasteiger partial charge >= 0.3 is 0 Å². The predicted octanol–water partition coefficient (Wildman–Crippen LogP) is 3.63. The lowest BCUT2D eigenvalue weighted by molar-refractivity contribution is 0.0800. The van der Waals surface area contributed by atoms with Crippen molar-refractivity contribution in [2.75, 3.05) is 17.6 Å². The number of rotatable bonds is 5. The minimum absolute atomic E-state index is 0.770. The molecule has 1 aromatic heterocycles. The highest BCUT2D eigenvalue weighted by molar-refractivity contribution is 5.86. The third-order valence-electron chi connectivity index (χ3n) is 4.09. The third-order valence-corrected chi connectivity index (χ3v) is 4.09. The van der Waals surface area contributed by atoms with E-state index in [1.165, 1.54) is 10.9 Å². The summed E-state index contributed by atoms with van der Waals surface area (Å²) in [4.78, 5) is 3.32. The topological polar surface area (TPSA) is 74.1 Å². The Morgan fingerprint density at radius 2 is 1.87 bits per heavy atom. The molecule has 4 nitrogen and oxygen atoms in total. The van der Waals surface area contributed by atoms with Crippen molar-refractivity contribution >= 4 is 22.3 Å². The van der Waals surface area contributed by atoms with Crippen molar-refractivity contribution in [2.24, 2.45) is 0 Å². The van der Waals surface area contributed by atoms with Gasteiger partial charge in [-0.2, -0.15) is 0 Å². The van der Waals surface area contributed by atoms with Gasteiger partial charge in [0.15, 0.2) is 0 Å². The normalized spacial score (nSPS) is 11.8. The van der Waals surface area contributed by atoms with Gasteiger partial charge in [-0.15, -0.1) is 0 Å². The monoisotopic (exact) mass is 309 g/mol. The molecule has 5 N–H and O–H groups in total. The Kier molecular flexibility index (Phi) is 4.01. The maximum absolute atomic E-state index is 10.3. The molecule has 4 heteroatoms. The summed E-state index contributed by atoms with van der Waals surface area (Å²) < 4.78 is 0. The minimum Gasteiger partial charge on any atom is -0.399 e. The lowest BCUT2D eigenvalue weighted by Gasteiger charge is -2.18. The highest BCUT2D eigenvalue weighted by Crippen LogP contribution is 2.29. The standard InChI is InChI=1S/C19H23N3O/c1-19(2,23)17-5-3-4-16-13(12-22-18(16)17)10-11-21-15-8-6-14(20)7-9-15/h3-9,12,21-23H,10-11,20H2,1-2H3. The van der Waals surface area contributed by atoms with Gasteiger partial charge in [-0.25, -0.2) is 0 Å². The number of para-hydroxylation sites is 1. The molecule has 3 aromatic rings. The van der Waals surface area contributed by atoms with Crippen LogP contribution in [0.1, 0.15) is 25.0 Å². The number of benzene rings is 2. The average molecular weight is 309 g/mol. The zero-order valence-electron chi connectivity index (χ0n) is 13.6. The number of anilines is 2. The van der Waals surface area contributed by atoms with Crippen LogP contribution < -0.4 is 11.1 Å². The van der Waals surface area contributed by atoms with Crippen molar-refractivity contribution in [1.82, 2.24) is 4.98 Å². The molecular formula is C19H23N3O. The summed E-state index contributed by atoms with van der Waals surface area (Å²) in [5.41, 5.74) is 9.85. The number of aromatic nitrogens is 1. The minimum atomic E-state index is -0.857. The van der Waals surface area contributed by atoms with Crippen LogP contribution in [0.25, 0.3) is 10.9 Å². The van der Waals surface area contributed by atoms with E-state index in [1.807, 2.05) is 56.4 Å². The van der Waals surface area contributed by atoms with Crippen molar-refractivity contribution in [3.8, 4) is 0 Å². The van der Waals surface area contributed by atoms with E-state index in [0.29, 0.717) is 0 Å². The molecule has 0 aliphatic carbocycles. The number of aromatic amines is 1. The number of fused-ring (bicyclic) bond motifs is 1. The van der Waals surface area contributed by atoms with Gasteiger partial charge in [-0.05, 0) is 50.1 Å². The lowest BCUT2D eigenvalue weighted by Crippen LogP contribution is -2.15. The summed E-state index contributed by atoms with van der Waals surface area (Å²) in [6.07, 6.45) is 2.93. The van der Waals surface area contributed by atoms with Crippen molar-refractivity contribution < 1.29 is 5.11 Å². The van der Waals surface area contributed by atoms with Crippen molar-refractivity contribution in [1.29, 1.82) is 0 Å². The second kappa shape index (κ2) is 5.97. The molecule has 0 aliphatic rings. The van der Waals surface area contributed by atoms with Crippen LogP contribution in [0.5, 0.6) is 0 Å². The molecule has 0 fully saturated rings. The van der Waals surface area contributed by atoms with Gasteiger partial charge < -0.3 is 21.1 Å². The lowest BCUT2D eigenvalue weighted by atomic mass is 9.95. The summed E-state index contributed by atoms with van der Waals surface area (Å²) in [6, 6.07) is 13.8. The van der Waals surface area contributed by atoms with Gasteiger partial charge in [0.2, 0.25) is 0 Å². The van der Waals surface area contributed by atoms with E-state index in [-0.39, 0.29) is 0 Å². The maximum atomic E-state index is 10.3. The Balaban J connectivity index is 1.75. The first-order valence-corrected chi connectivity index (χ1v) is 7.86. The molecule has 0 unspecified atom stereocenters. The van der Waals surface area contributed by atoms with E-state index in [1.54, 1.807) is 0 Å². The zero-order chi connectivity index (χ0) is 16.4. The number of nitrogen functional groups attached to an aromatic ring is 1. The first kappa shape index (κ1) is 15.4. The van der Waals surface area contributed by atoms with Crippen LogP contribution in [-0.2, 0) is 12.0 Å². The molecule has 23 heavy (non-hydrogen) atoms. The van der Waals surface area contributed by atoms with E-state index in [9.17, 15) is 5.11 Å². The SMILES string of the molecule is CC(C)(O)c1cccc2c(CCNc3ccc(N)cc3)c[nH]c12. The van der Waals surface area contributed by atoms with Gasteiger partial charge in [-0.3, -0.25) is 0 Å². The molecule has 0 spiro atoms. The van der Waals surface area contributed by atoms with Crippen LogP contribution in [0.2, 0.25) is 0 Å².